The summed E-state index contributed by atoms with van der Waals surface area (Å²) in [4.78, 5) is 4.60. The van der Waals surface area contributed by atoms with Gasteiger partial charge in [0.25, 0.3) is 0 Å². The molecule has 0 bridgehead atoms. The summed E-state index contributed by atoms with van der Waals surface area (Å²) in [6, 6.07) is 14.5. The van der Waals surface area contributed by atoms with E-state index in [0.29, 0.717) is 11.2 Å². The highest BCUT2D eigenvalue weighted by atomic mass is 32.2. The molecular weight excluding hydrogens is 360 g/mol. The Balaban J connectivity index is 1.67. The van der Waals surface area contributed by atoms with Crippen molar-refractivity contribution in [3.8, 4) is 5.75 Å². The third-order valence-corrected chi connectivity index (χ3v) is 7.13. The number of thioether (sulfide) groups is 2. The van der Waals surface area contributed by atoms with E-state index in [-0.39, 0.29) is 0 Å². The largest absolute Gasteiger partial charge is 0.487 e. The molecule has 3 aromatic rings. The van der Waals surface area contributed by atoms with Crippen LogP contribution in [0.4, 0.5) is 0 Å². The molecule has 0 aliphatic heterocycles. The van der Waals surface area contributed by atoms with Crippen LogP contribution in [-0.2, 0) is 6.61 Å². The van der Waals surface area contributed by atoms with Crippen LogP contribution in [0.3, 0.4) is 0 Å². The molecule has 2 aromatic heterocycles. The highest BCUT2D eigenvalue weighted by molar-refractivity contribution is 8.16. The van der Waals surface area contributed by atoms with Gasteiger partial charge in [-0.25, -0.2) is 4.98 Å². The van der Waals surface area contributed by atoms with Crippen LogP contribution >= 0.6 is 23.5 Å². The fourth-order valence-electron chi connectivity index (χ4n) is 2.66. The number of nitrogens with zero attached hydrogens (tertiary/aromatic N) is 2. The Morgan fingerprint density at radius 3 is 2.58 bits per heavy atom. The van der Waals surface area contributed by atoms with Crippen molar-refractivity contribution in [2.24, 2.45) is 0 Å². The first-order valence-corrected chi connectivity index (χ1v) is 11.3. The third-order valence-electron chi connectivity index (χ3n) is 3.88. The lowest BCUT2D eigenvalue weighted by Gasteiger charge is -2.17. The summed E-state index contributed by atoms with van der Waals surface area (Å²) in [5, 5.41) is 0. The van der Waals surface area contributed by atoms with Gasteiger partial charge in [0.05, 0.1) is 10.3 Å². The maximum atomic E-state index is 6.03. The zero-order valence-corrected chi connectivity index (χ0v) is 17.1. The number of aromatic nitrogens is 2. The first-order valence-electron chi connectivity index (χ1n) is 9.18. The molecule has 3 nitrogen and oxygen atoms in total. The predicted molar refractivity (Wildman–Crippen MR) is 114 cm³/mol. The minimum Gasteiger partial charge on any atom is -0.487 e. The van der Waals surface area contributed by atoms with Gasteiger partial charge in [-0.15, -0.1) is 23.5 Å². The molecule has 0 aliphatic carbocycles. The molecule has 2 heterocycles. The number of hydrogen-bond donors (Lipinski definition) is 0. The summed E-state index contributed by atoms with van der Waals surface area (Å²) in [5.74, 6) is 3.29. The summed E-state index contributed by atoms with van der Waals surface area (Å²) in [5.41, 5.74) is 3.24. The Morgan fingerprint density at radius 1 is 1.04 bits per heavy atom. The van der Waals surface area contributed by atoms with Gasteiger partial charge in [-0.2, -0.15) is 0 Å². The molecule has 0 N–H and O–H groups in total. The Bertz CT molecular complexity index is 777. The number of hydrogen-bond acceptors (Lipinski definition) is 4. The SMILES string of the molecule is CCCSC(SCCC)c1cccc(OCc2cn3ccccc3n2)c1. The standard InChI is InChI=1S/C21H26N2OS2/c1-3-12-25-21(26-13-4-2)17-8-7-9-19(14-17)24-16-18-15-23-11-6-5-10-20(23)22-18/h5-11,14-15,21H,3-4,12-13,16H2,1-2H3. The number of pyridine rings is 1. The summed E-state index contributed by atoms with van der Waals surface area (Å²) in [6.07, 6.45) is 6.44. The van der Waals surface area contributed by atoms with Crippen molar-refractivity contribution in [1.29, 1.82) is 0 Å². The van der Waals surface area contributed by atoms with Gasteiger partial charge in [-0.05, 0) is 54.2 Å². The number of rotatable bonds is 10. The van der Waals surface area contributed by atoms with E-state index in [1.165, 1.54) is 29.9 Å². The zero-order valence-electron chi connectivity index (χ0n) is 15.4. The lowest BCUT2D eigenvalue weighted by molar-refractivity contribution is 0.302. The Labute approximate surface area is 164 Å². The van der Waals surface area contributed by atoms with Gasteiger partial charge in [-0.1, -0.05) is 32.0 Å². The van der Waals surface area contributed by atoms with Crippen molar-refractivity contribution in [2.45, 2.75) is 37.9 Å². The lowest BCUT2D eigenvalue weighted by Crippen LogP contribution is -1.98. The molecule has 0 aliphatic rings. The average Bonchev–Trinajstić information content (AvgIpc) is 3.10. The van der Waals surface area contributed by atoms with E-state index < -0.39 is 0 Å². The number of imidazole rings is 1. The fourth-order valence-corrected chi connectivity index (χ4v) is 5.20. The number of benzene rings is 1. The normalized spacial score (nSPS) is 11.3. The van der Waals surface area contributed by atoms with Gasteiger partial charge in [0.1, 0.15) is 18.0 Å². The van der Waals surface area contributed by atoms with Crippen LogP contribution in [0, 0.1) is 0 Å². The topological polar surface area (TPSA) is 26.5 Å². The van der Waals surface area contributed by atoms with Gasteiger partial charge in [0.15, 0.2) is 0 Å². The van der Waals surface area contributed by atoms with Crippen molar-refractivity contribution >= 4 is 29.2 Å². The van der Waals surface area contributed by atoms with E-state index in [1.807, 2.05) is 64.6 Å². The molecule has 1 aromatic carbocycles. The van der Waals surface area contributed by atoms with Gasteiger partial charge < -0.3 is 9.14 Å². The second-order valence-electron chi connectivity index (χ2n) is 6.13. The van der Waals surface area contributed by atoms with Crippen molar-refractivity contribution in [3.05, 3.63) is 66.1 Å². The van der Waals surface area contributed by atoms with Gasteiger partial charge in [0, 0.05) is 12.4 Å². The van der Waals surface area contributed by atoms with E-state index >= 15 is 0 Å². The van der Waals surface area contributed by atoms with Crippen molar-refractivity contribution in [2.75, 3.05) is 11.5 Å². The highest BCUT2D eigenvalue weighted by Crippen LogP contribution is 2.41. The Kier molecular flexibility index (Phi) is 7.32. The van der Waals surface area contributed by atoms with Gasteiger partial charge >= 0.3 is 0 Å². The summed E-state index contributed by atoms with van der Waals surface area (Å²) in [7, 11) is 0. The van der Waals surface area contributed by atoms with Gasteiger partial charge in [-0.3, -0.25) is 0 Å². The molecule has 3 rings (SSSR count). The molecule has 0 saturated carbocycles. The van der Waals surface area contributed by atoms with E-state index in [1.54, 1.807) is 0 Å². The van der Waals surface area contributed by atoms with Crippen LogP contribution < -0.4 is 4.74 Å². The van der Waals surface area contributed by atoms with Crippen LogP contribution in [0.2, 0.25) is 0 Å². The van der Waals surface area contributed by atoms with Crippen LogP contribution in [0.1, 0.15) is 42.5 Å². The van der Waals surface area contributed by atoms with Crippen molar-refractivity contribution in [3.63, 3.8) is 0 Å². The van der Waals surface area contributed by atoms with Crippen LogP contribution in [-0.4, -0.2) is 20.9 Å². The lowest BCUT2D eigenvalue weighted by atomic mass is 10.2. The zero-order chi connectivity index (χ0) is 18.2. The molecule has 0 fully saturated rings. The van der Waals surface area contributed by atoms with E-state index in [9.17, 15) is 0 Å². The molecule has 0 amide bonds. The Morgan fingerprint density at radius 2 is 1.85 bits per heavy atom. The Hall–Kier alpha value is -1.59. The summed E-state index contributed by atoms with van der Waals surface area (Å²) in [6.45, 7) is 4.96. The molecule has 0 radical (unpaired) electrons. The maximum Gasteiger partial charge on any atom is 0.137 e. The number of fused-ring (bicyclic) bond motifs is 1. The summed E-state index contributed by atoms with van der Waals surface area (Å²) < 4.78 is 8.53. The first kappa shape index (κ1) is 19.2. The average molecular weight is 387 g/mol. The van der Waals surface area contributed by atoms with E-state index in [2.05, 4.69) is 37.0 Å². The first-order chi connectivity index (χ1) is 12.8. The molecule has 0 spiro atoms. The molecule has 138 valence electrons. The van der Waals surface area contributed by atoms with Gasteiger partial charge in [0.2, 0.25) is 0 Å². The quantitative estimate of drug-likeness (QED) is 0.388. The van der Waals surface area contributed by atoms with Crippen LogP contribution in [0.5, 0.6) is 5.75 Å². The third kappa shape index (κ3) is 5.21. The molecule has 0 saturated heterocycles. The predicted octanol–water partition coefficient (Wildman–Crippen LogP) is 6.20. The smallest absolute Gasteiger partial charge is 0.137 e. The monoisotopic (exact) mass is 386 g/mol. The second kappa shape index (κ2) is 9.93. The molecule has 0 atom stereocenters. The minimum absolute atomic E-state index is 0.480. The molecule has 26 heavy (non-hydrogen) atoms. The molecular formula is C21H26N2OS2. The highest BCUT2D eigenvalue weighted by Gasteiger charge is 2.13. The molecule has 5 heteroatoms. The van der Waals surface area contributed by atoms with Crippen LogP contribution in [0.15, 0.2) is 54.9 Å². The minimum atomic E-state index is 0.480. The van der Waals surface area contributed by atoms with Crippen molar-refractivity contribution in [1.82, 2.24) is 9.38 Å². The van der Waals surface area contributed by atoms with E-state index in [0.717, 1.165) is 17.1 Å². The van der Waals surface area contributed by atoms with Crippen molar-refractivity contribution < 1.29 is 4.74 Å². The fraction of sp³-hybridized carbons (Fsp3) is 0.381. The second-order valence-corrected chi connectivity index (χ2v) is 8.86. The van der Waals surface area contributed by atoms with E-state index in [4.69, 9.17) is 4.74 Å². The summed E-state index contributed by atoms with van der Waals surface area (Å²) >= 11 is 4.06. The maximum absolute atomic E-state index is 6.03. The number of ether oxygens (including phenoxy) is 1. The molecule has 0 unspecified atom stereocenters. The van der Waals surface area contributed by atoms with Crippen LogP contribution in [0.25, 0.3) is 5.65 Å².